The summed E-state index contributed by atoms with van der Waals surface area (Å²) in [5.74, 6) is 0.106. The van der Waals surface area contributed by atoms with Gasteiger partial charge in [-0.3, -0.25) is 10.3 Å². The second-order valence-electron chi connectivity index (χ2n) is 4.51. The first-order chi connectivity index (χ1) is 8.70. The highest BCUT2D eigenvalue weighted by molar-refractivity contribution is 5.95. The van der Waals surface area contributed by atoms with Gasteiger partial charge in [0.05, 0.1) is 6.61 Å². The summed E-state index contributed by atoms with van der Waals surface area (Å²) in [6, 6.07) is 7.80. The normalized spacial score (nSPS) is 16.8. The Bertz CT molecular complexity index is 396. The molecule has 1 aliphatic heterocycles. The van der Waals surface area contributed by atoms with Gasteiger partial charge in [-0.15, -0.1) is 0 Å². The van der Waals surface area contributed by atoms with E-state index in [0.717, 1.165) is 38.3 Å². The molecule has 1 aromatic carbocycles. The third kappa shape index (κ3) is 3.00. The van der Waals surface area contributed by atoms with Gasteiger partial charge in [-0.1, -0.05) is 0 Å². The summed E-state index contributed by atoms with van der Waals surface area (Å²) in [7, 11) is 0. The van der Waals surface area contributed by atoms with Crippen LogP contribution >= 0.6 is 0 Å². The van der Waals surface area contributed by atoms with Crippen LogP contribution in [0.25, 0.3) is 0 Å². The maximum atomic E-state index is 8.90. The van der Waals surface area contributed by atoms with Gasteiger partial charge < -0.3 is 15.7 Å². The van der Waals surface area contributed by atoms with E-state index in [9.17, 15) is 0 Å². The highest BCUT2D eigenvalue weighted by Crippen LogP contribution is 2.17. The molecule has 0 saturated carbocycles. The Morgan fingerprint density at radius 1 is 1.17 bits per heavy atom. The Hall–Kier alpha value is -1.59. The first-order valence-corrected chi connectivity index (χ1v) is 6.23. The monoisotopic (exact) mass is 248 g/mol. The van der Waals surface area contributed by atoms with Crippen molar-refractivity contribution in [1.29, 1.82) is 5.41 Å². The maximum absolute atomic E-state index is 8.90. The van der Waals surface area contributed by atoms with Crippen molar-refractivity contribution in [3.63, 3.8) is 0 Å². The van der Waals surface area contributed by atoms with E-state index in [4.69, 9.17) is 16.2 Å². The Labute approximate surface area is 107 Å². The van der Waals surface area contributed by atoms with Gasteiger partial charge in [0.25, 0.3) is 0 Å². The van der Waals surface area contributed by atoms with E-state index in [1.54, 1.807) is 0 Å². The molecular weight excluding hydrogens is 228 g/mol. The minimum atomic E-state index is 0.106. The van der Waals surface area contributed by atoms with Gasteiger partial charge in [0.15, 0.2) is 0 Å². The van der Waals surface area contributed by atoms with Crippen LogP contribution < -0.4 is 10.6 Å². The molecule has 0 radical (unpaired) electrons. The molecule has 18 heavy (non-hydrogen) atoms. The molecule has 0 bridgehead atoms. The SMILES string of the molecule is N=C(N)c1ccc(N2CCN(CCO)CC2)cc1. The first-order valence-electron chi connectivity index (χ1n) is 6.23. The number of amidine groups is 1. The number of nitrogen functional groups attached to an aromatic ring is 1. The van der Waals surface area contributed by atoms with Crippen LogP contribution in [-0.2, 0) is 0 Å². The van der Waals surface area contributed by atoms with Crippen molar-refractivity contribution in [2.45, 2.75) is 0 Å². The molecule has 0 aromatic heterocycles. The lowest BCUT2D eigenvalue weighted by molar-refractivity contribution is 0.189. The van der Waals surface area contributed by atoms with Gasteiger partial charge in [0, 0.05) is 44.0 Å². The quantitative estimate of drug-likeness (QED) is 0.521. The molecule has 5 heteroatoms. The summed E-state index contributed by atoms with van der Waals surface area (Å²) in [5.41, 5.74) is 7.36. The van der Waals surface area contributed by atoms with Gasteiger partial charge in [-0.25, -0.2) is 0 Å². The summed E-state index contributed by atoms with van der Waals surface area (Å²) in [5, 5.41) is 16.3. The predicted octanol–water partition coefficient (Wildman–Crippen LogP) is 0.0850. The van der Waals surface area contributed by atoms with Crippen molar-refractivity contribution in [3.8, 4) is 0 Å². The number of nitrogens with zero attached hydrogens (tertiary/aromatic N) is 2. The van der Waals surface area contributed by atoms with Crippen LogP contribution in [0.15, 0.2) is 24.3 Å². The average molecular weight is 248 g/mol. The lowest BCUT2D eigenvalue weighted by Gasteiger charge is -2.35. The molecule has 1 saturated heterocycles. The number of piperazine rings is 1. The molecule has 1 fully saturated rings. The second-order valence-corrected chi connectivity index (χ2v) is 4.51. The number of anilines is 1. The minimum Gasteiger partial charge on any atom is -0.395 e. The Morgan fingerprint density at radius 2 is 1.78 bits per heavy atom. The molecule has 1 aliphatic rings. The van der Waals surface area contributed by atoms with Crippen molar-refractivity contribution in [2.75, 3.05) is 44.2 Å². The first kappa shape index (κ1) is 12.9. The smallest absolute Gasteiger partial charge is 0.122 e. The number of hydrogen-bond donors (Lipinski definition) is 3. The minimum absolute atomic E-state index is 0.106. The Morgan fingerprint density at radius 3 is 2.28 bits per heavy atom. The van der Waals surface area contributed by atoms with E-state index in [-0.39, 0.29) is 12.4 Å². The average Bonchev–Trinajstić information content (AvgIpc) is 2.40. The molecule has 1 heterocycles. The lowest BCUT2D eigenvalue weighted by atomic mass is 10.1. The van der Waals surface area contributed by atoms with E-state index in [2.05, 4.69) is 9.80 Å². The Balaban J connectivity index is 1.95. The van der Waals surface area contributed by atoms with Crippen LogP contribution in [0.4, 0.5) is 5.69 Å². The predicted molar refractivity (Wildman–Crippen MR) is 73.2 cm³/mol. The summed E-state index contributed by atoms with van der Waals surface area (Å²) in [6.45, 7) is 4.90. The zero-order valence-corrected chi connectivity index (χ0v) is 10.5. The fraction of sp³-hybridized carbons (Fsp3) is 0.462. The van der Waals surface area contributed by atoms with E-state index in [1.165, 1.54) is 5.69 Å². The molecule has 0 amide bonds. The third-order valence-corrected chi connectivity index (χ3v) is 3.33. The summed E-state index contributed by atoms with van der Waals surface area (Å²) < 4.78 is 0. The number of aliphatic hydroxyl groups excluding tert-OH is 1. The van der Waals surface area contributed by atoms with Gasteiger partial charge >= 0.3 is 0 Å². The second kappa shape index (κ2) is 5.84. The van der Waals surface area contributed by atoms with Crippen LogP contribution in [0.2, 0.25) is 0 Å². The van der Waals surface area contributed by atoms with Crippen molar-refractivity contribution in [2.24, 2.45) is 5.73 Å². The van der Waals surface area contributed by atoms with Gasteiger partial charge in [0.1, 0.15) is 5.84 Å². The zero-order chi connectivity index (χ0) is 13.0. The number of hydrogen-bond acceptors (Lipinski definition) is 4. The van der Waals surface area contributed by atoms with Crippen LogP contribution in [0.1, 0.15) is 5.56 Å². The highest BCUT2D eigenvalue weighted by atomic mass is 16.3. The standard InChI is InChI=1S/C13H20N4O/c14-13(15)11-1-3-12(4-2-11)17-7-5-16(6-8-17)9-10-18/h1-4,18H,5-10H2,(H3,14,15). The molecule has 0 aliphatic carbocycles. The zero-order valence-electron chi connectivity index (χ0n) is 10.5. The fourth-order valence-electron chi connectivity index (χ4n) is 2.22. The third-order valence-electron chi connectivity index (χ3n) is 3.33. The van der Waals surface area contributed by atoms with E-state index < -0.39 is 0 Å². The van der Waals surface area contributed by atoms with E-state index >= 15 is 0 Å². The lowest BCUT2D eigenvalue weighted by Crippen LogP contribution is -2.47. The number of rotatable bonds is 4. The highest BCUT2D eigenvalue weighted by Gasteiger charge is 2.16. The van der Waals surface area contributed by atoms with Gasteiger partial charge in [-0.05, 0) is 24.3 Å². The maximum Gasteiger partial charge on any atom is 0.122 e. The molecule has 4 N–H and O–H groups in total. The van der Waals surface area contributed by atoms with Gasteiger partial charge in [0.2, 0.25) is 0 Å². The van der Waals surface area contributed by atoms with Crippen molar-refractivity contribution in [3.05, 3.63) is 29.8 Å². The number of nitrogens with two attached hydrogens (primary N) is 1. The molecule has 0 unspecified atom stereocenters. The van der Waals surface area contributed by atoms with E-state index in [1.807, 2.05) is 24.3 Å². The number of β-amino-alcohol motifs (C(OH)–C–C–N with tert-alkyl or cyclic N) is 1. The molecule has 0 spiro atoms. The topological polar surface area (TPSA) is 76.6 Å². The fourth-order valence-corrected chi connectivity index (χ4v) is 2.22. The van der Waals surface area contributed by atoms with E-state index in [0.29, 0.717) is 0 Å². The largest absolute Gasteiger partial charge is 0.395 e. The molecule has 2 rings (SSSR count). The molecule has 1 aromatic rings. The molecule has 5 nitrogen and oxygen atoms in total. The summed E-state index contributed by atoms with van der Waals surface area (Å²) in [6.07, 6.45) is 0. The molecule has 0 atom stereocenters. The van der Waals surface area contributed by atoms with Gasteiger partial charge in [-0.2, -0.15) is 0 Å². The summed E-state index contributed by atoms with van der Waals surface area (Å²) in [4.78, 5) is 4.58. The molecule has 98 valence electrons. The number of aliphatic hydroxyl groups is 1. The van der Waals surface area contributed by atoms with Crippen molar-refractivity contribution >= 4 is 11.5 Å². The molecular formula is C13H20N4O. The Kier molecular flexibility index (Phi) is 4.17. The van der Waals surface area contributed by atoms with Crippen molar-refractivity contribution < 1.29 is 5.11 Å². The van der Waals surface area contributed by atoms with Crippen LogP contribution in [0, 0.1) is 5.41 Å². The van der Waals surface area contributed by atoms with Crippen LogP contribution in [0.3, 0.4) is 0 Å². The number of benzene rings is 1. The number of nitrogens with one attached hydrogen (secondary N) is 1. The van der Waals surface area contributed by atoms with Crippen LogP contribution in [0.5, 0.6) is 0 Å². The van der Waals surface area contributed by atoms with Crippen LogP contribution in [-0.4, -0.2) is 55.2 Å². The van der Waals surface area contributed by atoms with Crippen molar-refractivity contribution in [1.82, 2.24) is 4.90 Å². The summed E-state index contributed by atoms with van der Waals surface area (Å²) >= 11 is 0.